The lowest BCUT2D eigenvalue weighted by Gasteiger charge is -2.23. The Morgan fingerprint density at radius 2 is 1.91 bits per heavy atom. The molecule has 0 aliphatic rings. The number of likely N-dealkylation sites (N-methyl/N-ethyl adjacent to an activating group) is 1. The zero-order valence-electron chi connectivity index (χ0n) is 7.62. The Bertz CT molecular complexity index is 96.1. The molecular weight excluding hydrogens is 142 g/mol. The van der Waals surface area contributed by atoms with Gasteiger partial charge < -0.3 is 15.1 Å². The molecule has 0 aromatic carbocycles. The third-order valence-corrected chi connectivity index (χ3v) is 1.84. The van der Waals surface area contributed by atoms with Crippen molar-refractivity contribution in [3.05, 3.63) is 0 Å². The molecule has 0 bridgehead atoms. The Kier molecular flexibility index (Phi) is 5.46. The summed E-state index contributed by atoms with van der Waals surface area (Å²) >= 11 is 0. The number of hydrogen-bond donors (Lipinski definition) is 2. The molecule has 0 saturated heterocycles. The molecule has 0 rings (SSSR count). The van der Waals surface area contributed by atoms with Crippen LogP contribution in [-0.4, -0.2) is 47.5 Å². The Morgan fingerprint density at radius 1 is 1.36 bits per heavy atom. The van der Waals surface area contributed by atoms with Gasteiger partial charge in [-0.25, -0.2) is 0 Å². The molecule has 0 saturated carbocycles. The van der Waals surface area contributed by atoms with E-state index in [-0.39, 0.29) is 6.61 Å². The molecule has 0 aliphatic carbocycles. The highest BCUT2D eigenvalue weighted by atomic mass is 16.3. The fourth-order valence-corrected chi connectivity index (χ4v) is 0.784. The standard InChI is InChI=1S/C8H19NO2/c1-7(2)9(3)6-8(11)4-5-10/h7-8,10-11H,4-6H2,1-3H3. The second-order valence-electron chi connectivity index (χ2n) is 3.20. The summed E-state index contributed by atoms with van der Waals surface area (Å²) in [6.45, 7) is 4.85. The summed E-state index contributed by atoms with van der Waals surface area (Å²) in [7, 11) is 1.96. The molecule has 0 heterocycles. The second kappa shape index (κ2) is 5.52. The minimum atomic E-state index is -0.396. The molecule has 0 spiro atoms. The largest absolute Gasteiger partial charge is 0.396 e. The van der Waals surface area contributed by atoms with Crippen molar-refractivity contribution in [2.75, 3.05) is 20.2 Å². The van der Waals surface area contributed by atoms with E-state index in [9.17, 15) is 5.11 Å². The fourth-order valence-electron chi connectivity index (χ4n) is 0.784. The number of hydrogen-bond acceptors (Lipinski definition) is 3. The third-order valence-electron chi connectivity index (χ3n) is 1.84. The van der Waals surface area contributed by atoms with Gasteiger partial charge in [0.1, 0.15) is 0 Å². The minimum Gasteiger partial charge on any atom is -0.396 e. The van der Waals surface area contributed by atoms with Crippen molar-refractivity contribution in [1.29, 1.82) is 0 Å². The van der Waals surface area contributed by atoms with Crippen molar-refractivity contribution in [3.63, 3.8) is 0 Å². The van der Waals surface area contributed by atoms with Gasteiger partial charge in [0.25, 0.3) is 0 Å². The maximum atomic E-state index is 9.27. The molecular formula is C8H19NO2. The Labute approximate surface area is 68.6 Å². The lowest BCUT2D eigenvalue weighted by molar-refractivity contribution is 0.0870. The van der Waals surface area contributed by atoms with Crippen LogP contribution in [0.1, 0.15) is 20.3 Å². The quantitative estimate of drug-likeness (QED) is 0.599. The molecule has 68 valence electrons. The maximum Gasteiger partial charge on any atom is 0.0688 e. The minimum absolute atomic E-state index is 0.0626. The van der Waals surface area contributed by atoms with Crippen LogP contribution >= 0.6 is 0 Å². The summed E-state index contributed by atoms with van der Waals surface area (Å²) in [5, 5.41) is 17.8. The Balaban J connectivity index is 3.48. The molecule has 2 N–H and O–H groups in total. The van der Waals surface area contributed by atoms with Gasteiger partial charge in [-0.2, -0.15) is 0 Å². The number of nitrogens with zero attached hydrogens (tertiary/aromatic N) is 1. The molecule has 3 heteroatoms. The summed E-state index contributed by atoms with van der Waals surface area (Å²) in [5.74, 6) is 0. The van der Waals surface area contributed by atoms with Crippen LogP contribution in [0.2, 0.25) is 0 Å². The Morgan fingerprint density at radius 3 is 2.27 bits per heavy atom. The number of rotatable bonds is 5. The van der Waals surface area contributed by atoms with Gasteiger partial charge in [0.15, 0.2) is 0 Å². The van der Waals surface area contributed by atoms with Gasteiger partial charge in [0.2, 0.25) is 0 Å². The summed E-state index contributed by atoms with van der Waals surface area (Å²) in [5.41, 5.74) is 0. The van der Waals surface area contributed by atoms with Crippen LogP contribution in [-0.2, 0) is 0 Å². The lowest BCUT2D eigenvalue weighted by Crippen LogP contribution is -2.34. The van der Waals surface area contributed by atoms with Crippen molar-refractivity contribution in [2.24, 2.45) is 0 Å². The first-order valence-corrected chi connectivity index (χ1v) is 4.07. The van der Waals surface area contributed by atoms with Crippen LogP contribution in [0.5, 0.6) is 0 Å². The van der Waals surface area contributed by atoms with E-state index in [2.05, 4.69) is 18.7 Å². The summed E-state index contributed by atoms with van der Waals surface area (Å²) in [6, 6.07) is 0.448. The van der Waals surface area contributed by atoms with E-state index in [0.29, 0.717) is 19.0 Å². The Hall–Kier alpha value is -0.120. The first-order valence-electron chi connectivity index (χ1n) is 4.07. The predicted molar refractivity (Wildman–Crippen MR) is 45.5 cm³/mol. The van der Waals surface area contributed by atoms with E-state index in [1.807, 2.05) is 7.05 Å². The van der Waals surface area contributed by atoms with Crippen molar-refractivity contribution < 1.29 is 10.2 Å². The molecule has 1 unspecified atom stereocenters. The smallest absolute Gasteiger partial charge is 0.0688 e. The normalized spacial score (nSPS) is 14.5. The van der Waals surface area contributed by atoms with Crippen LogP contribution in [0.3, 0.4) is 0 Å². The van der Waals surface area contributed by atoms with Crippen LogP contribution < -0.4 is 0 Å². The van der Waals surface area contributed by atoms with Crippen molar-refractivity contribution in [2.45, 2.75) is 32.4 Å². The molecule has 1 atom stereocenters. The fraction of sp³-hybridized carbons (Fsp3) is 1.00. The van der Waals surface area contributed by atoms with Crippen LogP contribution in [0.15, 0.2) is 0 Å². The topological polar surface area (TPSA) is 43.7 Å². The zero-order valence-corrected chi connectivity index (χ0v) is 7.62. The van der Waals surface area contributed by atoms with Gasteiger partial charge in [-0.1, -0.05) is 0 Å². The first kappa shape index (κ1) is 10.9. The molecule has 0 aliphatic heterocycles. The molecule has 0 fully saturated rings. The summed E-state index contributed by atoms with van der Waals surface area (Å²) in [4.78, 5) is 2.06. The molecule has 0 aromatic rings. The molecule has 11 heavy (non-hydrogen) atoms. The zero-order chi connectivity index (χ0) is 8.85. The van der Waals surface area contributed by atoms with Crippen LogP contribution in [0.4, 0.5) is 0 Å². The molecule has 0 amide bonds. The van der Waals surface area contributed by atoms with Crippen molar-refractivity contribution in [1.82, 2.24) is 4.90 Å². The predicted octanol–water partition coefficient (Wildman–Crippen LogP) is 0.0699. The van der Waals surface area contributed by atoms with E-state index in [1.165, 1.54) is 0 Å². The monoisotopic (exact) mass is 161 g/mol. The van der Waals surface area contributed by atoms with Gasteiger partial charge in [0.05, 0.1) is 6.10 Å². The van der Waals surface area contributed by atoms with Gasteiger partial charge in [0, 0.05) is 19.2 Å². The van der Waals surface area contributed by atoms with Gasteiger partial charge in [-0.15, -0.1) is 0 Å². The highest BCUT2D eigenvalue weighted by molar-refractivity contribution is 4.63. The van der Waals surface area contributed by atoms with Gasteiger partial charge in [-0.3, -0.25) is 0 Å². The SMILES string of the molecule is CC(C)N(C)CC(O)CCO. The first-order chi connectivity index (χ1) is 5.07. The van der Waals surface area contributed by atoms with E-state index in [0.717, 1.165) is 0 Å². The van der Waals surface area contributed by atoms with Crippen LogP contribution in [0.25, 0.3) is 0 Å². The maximum absolute atomic E-state index is 9.27. The summed E-state index contributed by atoms with van der Waals surface area (Å²) in [6.07, 6.45) is 0.0734. The average molecular weight is 161 g/mol. The van der Waals surface area contributed by atoms with E-state index >= 15 is 0 Å². The molecule has 0 aromatic heterocycles. The van der Waals surface area contributed by atoms with Crippen LogP contribution in [0, 0.1) is 0 Å². The van der Waals surface area contributed by atoms with Gasteiger partial charge in [-0.05, 0) is 27.3 Å². The highest BCUT2D eigenvalue weighted by Gasteiger charge is 2.09. The number of aliphatic hydroxyl groups excluding tert-OH is 2. The van der Waals surface area contributed by atoms with E-state index in [4.69, 9.17) is 5.11 Å². The van der Waals surface area contributed by atoms with Crippen molar-refractivity contribution >= 4 is 0 Å². The molecule has 3 nitrogen and oxygen atoms in total. The number of aliphatic hydroxyl groups is 2. The van der Waals surface area contributed by atoms with Crippen molar-refractivity contribution in [3.8, 4) is 0 Å². The van der Waals surface area contributed by atoms with Gasteiger partial charge >= 0.3 is 0 Å². The highest BCUT2D eigenvalue weighted by Crippen LogP contribution is 1.98. The summed E-state index contributed by atoms with van der Waals surface area (Å²) < 4.78 is 0. The van der Waals surface area contributed by atoms with E-state index < -0.39 is 6.10 Å². The second-order valence-corrected chi connectivity index (χ2v) is 3.20. The lowest BCUT2D eigenvalue weighted by atomic mass is 10.2. The molecule has 0 radical (unpaired) electrons. The van der Waals surface area contributed by atoms with E-state index in [1.54, 1.807) is 0 Å². The average Bonchev–Trinajstić information content (AvgIpc) is 1.87. The third kappa shape index (κ3) is 5.18.